The lowest BCUT2D eigenvalue weighted by atomic mass is 9.97. The third kappa shape index (κ3) is 5.30. The van der Waals surface area contributed by atoms with E-state index in [-0.39, 0.29) is 11.8 Å². The van der Waals surface area contributed by atoms with E-state index in [0.717, 1.165) is 36.7 Å². The summed E-state index contributed by atoms with van der Waals surface area (Å²) in [6, 6.07) is 11.1. The fourth-order valence-corrected chi connectivity index (χ4v) is 3.60. The number of nitrogens with zero attached hydrogens (tertiary/aromatic N) is 5. The van der Waals surface area contributed by atoms with Crippen molar-refractivity contribution >= 4 is 11.7 Å². The zero-order valence-corrected chi connectivity index (χ0v) is 17.5. The average Bonchev–Trinajstić information content (AvgIpc) is 3.37. The first kappa shape index (κ1) is 20.6. The van der Waals surface area contributed by atoms with Gasteiger partial charge in [-0.3, -0.25) is 4.79 Å². The molecule has 1 aromatic carbocycles. The van der Waals surface area contributed by atoms with Crippen molar-refractivity contribution in [1.29, 1.82) is 0 Å². The van der Waals surface area contributed by atoms with Gasteiger partial charge in [-0.1, -0.05) is 0 Å². The number of nitrogens with one attached hydrogen (secondary N) is 1. The molecule has 9 nitrogen and oxygen atoms in total. The van der Waals surface area contributed by atoms with Crippen LogP contribution >= 0.6 is 0 Å². The van der Waals surface area contributed by atoms with E-state index in [9.17, 15) is 4.79 Å². The van der Waals surface area contributed by atoms with Crippen LogP contribution in [0, 0.1) is 5.92 Å². The Balaban J connectivity index is 1.27. The highest BCUT2D eigenvalue weighted by Gasteiger charge is 2.26. The molecular weight excluding hydrogens is 396 g/mol. The van der Waals surface area contributed by atoms with Crippen LogP contribution < -0.4 is 19.7 Å². The molecule has 0 saturated carbocycles. The van der Waals surface area contributed by atoms with Gasteiger partial charge in [-0.25, -0.2) is 14.6 Å². The Morgan fingerprint density at radius 3 is 2.77 bits per heavy atom. The van der Waals surface area contributed by atoms with Crippen molar-refractivity contribution < 1.29 is 14.3 Å². The molecule has 162 valence electrons. The smallest absolute Gasteiger partial charge is 0.225 e. The average molecular weight is 422 g/mol. The van der Waals surface area contributed by atoms with Gasteiger partial charge in [0, 0.05) is 31.5 Å². The first-order chi connectivity index (χ1) is 15.2. The zero-order chi connectivity index (χ0) is 21.5. The van der Waals surface area contributed by atoms with Crippen LogP contribution in [0.2, 0.25) is 0 Å². The molecule has 1 amide bonds. The van der Waals surface area contributed by atoms with Crippen LogP contribution in [0.4, 0.5) is 5.82 Å². The van der Waals surface area contributed by atoms with Gasteiger partial charge in [0.2, 0.25) is 5.91 Å². The molecule has 1 fully saturated rings. The summed E-state index contributed by atoms with van der Waals surface area (Å²) in [5.74, 6) is 3.00. The first-order valence-electron chi connectivity index (χ1n) is 10.3. The summed E-state index contributed by atoms with van der Waals surface area (Å²) in [5.41, 5.74) is 0. The highest BCUT2D eigenvalue weighted by Crippen LogP contribution is 2.22. The van der Waals surface area contributed by atoms with Crippen molar-refractivity contribution in [1.82, 2.24) is 25.1 Å². The molecule has 1 aliphatic rings. The van der Waals surface area contributed by atoms with Gasteiger partial charge in [-0.05, 0) is 43.2 Å². The third-order valence-corrected chi connectivity index (χ3v) is 5.22. The molecule has 0 aliphatic carbocycles. The predicted octanol–water partition coefficient (Wildman–Crippen LogP) is 2.08. The summed E-state index contributed by atoms with van der Waals surface area (Å²) in [6.45, 7) is 2.35. The van der Waals surface area contributed by atoms with Crippen LogP contribution in [0.1, 0.15) is 12.8 Å². The Kier molecular flexibility index (Phi) is 6.61. The minimum atomic E-state index is -0.0853. The molecule has 3 aromatic rings. The number of methoxy groups -OCH3 is 1. The predicted molar refractivity (Wildman–Crippen MR) is 116 cm³/mol. The van der Waals surface area contributed by atoms with Crippen LogP contribution in [0.5, 0.6) is 11.5 Å². The Labute approximate surface area is 181 Å². The fraction of sp³-hybridized carbons (Fsp3) is 0.364. The molecule has 4 rings (SSSR count). The molecule has 1 aliphatic heterocycles. The summed E-state index contributed by atoms with van der Waals surface area (Å²) in [4.78, 5) is 23.5. The van der Waals surface area contributed by atoms with Gasteiger partial charge in [0.25, 0.3) is 0 Å². The largest absolute Gasteiger partial charge is 0.497 e. The topological polar surface area (TPSA) is 94.4 Å². The van der Waals surface area contributed by atoms with Crippen LogP contribution in [-0.4, -0.2) is 59.0 Å². The lowest BCUT2D eigenvalue weighted by Crippen LogP contribution is -2.44. The second kappa shape index (κ2) is 9.92. The summed E-state index contributed by atoms with van der Waals surface area (Å²) in [5, 5.41) is 7.20. The van der Waals surface area contributed by atoms with E-state index in [0.29, 0.717) is 25.5 Å². The van der Waals surface area contributed by atoms with Gasteiger partial charge in [0.15, 0.2) is 5.82 Å². The Hall–Kier alpha value is -3.62. The number of rotatable bonds is 8. The van der Waals surface area contributed by atoms with Gasteiger partial charge >= 0.3 is 0 Å². The van der Waals surface area contributed by atoms with E-state index in [1.165, 1.54) is 6.33 Å². The van der Waals surface area contributed by atoms with E-state index < -0.39 is 0 Å². The number of hydrogen-bond donors (Lipinski definition) is 1. The molecule has 2 aromatic heterocycles. The number of benzene rings is 1. The molecule has 9 heteroatoms. The Morgan fingerprint density at radius 1 is 1.19 bits per heavy atom. The Bertz CT molecular complexity index is 977. The number of aromatic nitrogens is 4. The van der Waals surface area contributed by atoms with Crippen molar-refractivity contribution in [2.24, 2.45) is 5.92 Å². The standard InChI is InChI=1S/C22H26N6O3/c1-30-18-5-7-19(8-6-18)31-13-10-23-22(29)17-4-2-11-27(15-17)20-14-21(25-16-24-20)28-12-3-9-26-28/h3,5-9,12,14,16-17H,2,4,10-11,13,15H2,1H3,(H,23,29). The Morgan fingerprint density at radius 2 is 2.00 bits per heavy atom. The molecule has 1 atom stereocenters. The van der Waals surface area contributed by atoms with Gasteiger partial charge in [-0.2, -0.15) is 5.10 Å². The van der Waals surface area contributed by atoms with Crippen LogP contribution in [0.15, 0.2) is 55.1 Å². The summed E-state index contributed by atoms with van der Waals surface area (Å²) >= 11 is 0. The van der Waals surface area contributed by atoms with Crippen LogP contribution in [-0.2, 0) is 4.79 Å². The minimum absolute atomic E-state index is 0.0457. The minimum Gasteiger partial charge on any atom is -0.497 e. The van der Waals surface area contributed by atoms with Crippen molar-refractivity contribution in [3.8, 4) is 17.3 Å². The number of carbonyl (C=O) groups excluding carboxylic acids is 1. The van der Waals surface area contributed by atoms with Crippen molar-refractivity contribution in [3.63, 3.8) is 0 Å². The maximum absolute atomic E-state index is 12.7. The molecule has 1 saturated heterocycles. The van der Waals surface area contributed by atoms with E-state index in [2.05, 4.69) is 25.3 Å². The monoisotopic (exact) mass is 422 g/mol. The van der Waals surface area contributed by atoms with Gasteiger partial charge in [-0.15, -0.1) is 0 Å². The lowest BCUT2D eigenvalue weighted by Gasteiger charge is -2.32. The number of ether oxygens (including phenoxy) is 2. The van der Waals surface area contributed by atoms with Crippen molar-refractivity contribution in [2.45, 2.75) is 12.8 Å². The van der Waals surface area contributed by atoms with Gasteiger partial charge in [0.05, 0.1) is 19.6 Å². The zero-order valence-electron chi connectivity index (χ0n) is 17.5. The third-order valence-electron chi connectivity index (χ3n) is 5.22. The maximum atomic E-state index is 12.7. The molecule has 31 heavy (non-hydrogen) atoms. The van der Waals surface area contributed by atoms with Crippen molar-refractivity contribution in [3.05, 3.63) is 55.1 Å². The molecule has 0 radical (unpaired) electrons. The van der Waals surface area contributed by atoms with Gasteiger partial charge < -0.3 is 19.7 Å². The number of hydrogen-bond acceptors (Lipinski definition) is 7. The molecule has 1 unspecified atom stereocenters. The van der Waals surface area contributed by atoms with E-state index >= 15 is 0 Å². The highest BCUT2D eigenvalue weighted by atomic mass is 16.5. The van der Waals surface area contributed by atoms with Gasteiger partial charge in [0.1, 0.15) is 30.3 Å². The van der Waals surface area contributed by atoms with Crippen LogP contribution in [0.25, 0.3) is 5.82 Å². The number of piperidine rings is 1. The van der Waals surface area contributed by atoms with E-state index in [1.807, 2.05) is 42.6 Å². The normalized spacial score (nSPS) is 16.0. The molecule has 1 N–H and O–H groups in total. The summed E-state index contributed by atoms with van der Waals surface area (Å²) < 4.78 is 12.5. The lowest BCUT2D eigenvalue weighted by molar-refractivity contribution is -0.125. The number of amides is 1. The quantitative estimate of drug-likeness (QED) is 0.556. The summed E-state index contributed by atoms with van der Waals surface area (Å²) in [7, 11) is 1.63. The second-order valence-electron chi connectivity index (χ2n) is 7.29. The maximum Gasteiger partial charge on any atom is 0.225 e. The molecular formula is C22H26N6O3. The van der Waals surface area contributed by atoms with E-state index in [4.69, 9.17) is 9.47 Å². The SMILES string of the molecule is COc1ccc(OCCNC(=O)C2CCCN(c3cc(-n4cccn4)ncn3)C2)cc1. The van der Waals surface area contributed by atoms with Crippen molar-refractivity contribution in [2.75, 3.05) is 38.3 Å². The summed E-state index contributed by atoms with van der Waals surface area (Å²) in [6.07, 6.45) is 6.88. The molecule has 0 spiro atoms. The highest BCUT2D eigenvalue weighted by molar-refractivity contribution is 5.79. The number of anilines is 1. The first-order valence-corrected chi connectivity index (χ1v) is 10.3. The molecule has 3 heterocycles. The molecule has 0 bridgehead atoms. The number of carbonyl (C=O) groups is 1. The van der Waals surface area contributed by atoms with Crippen LogP contribution in [0.3, 0.4) is 0 Å². The fourth-order valence-electron chi connectivity index (χ4n) is 3.60. The second-order valence-corrected chi connectivity index (χ2v) is 7.29. The van der Waals surface area contributed by atoms with E-state index in [1.54, 1.807) is 18.0 Å².